The molecule has 2 aliphatic rings. The highest BCUT2D eigenvalue weighted by Crippen LogP contribution is 2.45. The zero-order valence-corrected chi connectivity index (χ0v) is 7.43. The molecule has 0 aliphatic carbocycles. The minimum atomic E-state index is -0.302. The van der Waals surface area contributed by atoms with E-state index in [0.717, 1.165) is 12.8 Å². The van der Waals surface area contributed by atoms with Crippen LogP contribution in [0, 0.1) is 0 Å². The highest BCUT2D eigenvalue weighted by Gasteiger charge is 2.51. The lowest BCUT2D eigenvalue weighted by atomic mass is 9.93. The van der Waals surface area contributed by atoms with E-state index in [1.54, 1.807) is 0 Å². The molecule has 2 heterocycles. The van der Waals surface area contributed by atoms with Crippen LogP contribution in [0.25, 0.3) is 0 Å². The minimum Gasteiger partial charge on any atom is -0.367 e. The van der Waals surface area contributed by atoms with Gasteiger partial charge in [0.05, 0.1) is 11.2 Å². The molecule has 0 spiro atoms. The van der Waals surface area contributed by atoms with Crippen molar-refractivity contribution in [3.63, 3.8) is 0 Å². The lowest BCUT2D eigenvalue weighted by molar-refractivity contribution is -0.154. The summed E-state index contributed by atoms with van der Waals surface area (Å²) < 4.78 is 5.85. The Morgan fingerprint density at radius 1 is 1.50 bits per heavy atom. The van der Waals surface area contributed by atoms with Crippen molar-refractivity contribution in [1.29, 1.82) is 0 Å². The molecule has 0 unspecified atom stereocenters. The van der Waals surface area contributed by atoms with E-state index in [2.05, 4.69) is 0 Å². The van der Waals surface area contributed by atoms with Gasteiger partial charge in [0.25, 0.3) is 0 Å². The number of ether oxygens (including phenoxy) is 1. The average Bonchev–Trinajstić information content (AvgIpc) is 2.23. The summed E-state index contributed by atoms with van der Waals surface area (Å²) in [6.45, 7) is 2.50. The Morgan fingerprint density at radius 2 is 2.25 bits per heavy atom. The molecule has 0 saturated carbocycles. The Bertz CT molecular complexity index is 229. The first-order valence-corrected chi connectivity index (χ1v) is 4.50. The number of ketones is 1. The number of fused-ring (bicyclic) bond motifs is 2. The van der Waals surface area contributed by atoms with E-state index in [9.17, 15) is 4.79 Å². The quantitative estimate of drug-likeness (QED) is 0.626. The maximum absolute atomic E-state index is 11.4. The normalized spacial score (nSPS) is 46.7. The van der Waals surface area contributed by atoms with Crippen molar-refractivity contribution in [2.75, 3.05) is 6.54 Å². The van der Waals surface area contributed by atoms with Gasteiger partial charge in [-0.3, -0.25) is 4.79 Å². The molecule has 68 valence electrons. The summed E-state index contributed by atoms with van der Waals surface area (Å²) >= 11 is 0. The van der Waals surface area contributed by atoms with E-state index in [-0.39, 0.29) is 11.2 Å². The molecule has 3 nitrogen and oxygen atoms in total. The Morgan fingerprint density at radius 3 is 2.92 bits per heavy atom. The number of nitrogens with two attached hydrogens (primary N) is 1. The molecule has 3 heteroatoms. The number of hydrogen-bond acceptors (Lipinski definition) is 3. The monoisotopic (exact) mass is 169 g/mol. The van der Waals surface area contributed by atoms with Crippen LogP contribution in [0.4, 0.5) is 0 Å². The summed E-state index contributed by atoms with van der Waals surface area (Å²) in [4.78, 5) is 11.4. The maximum Gasteiger partial charge on any atom is 0.138 e. The SMILES string of the molecule is C[C@]12CC[C@](CN)(CC(=O)C1)O2. The smallest absolute Gasteiger partial charge is 0.138 e. The first-order chi connectivity index (χ1) is 5.58. The molecular formula is C9H15NO2. The summed E-state index contributed by atoms with van der Waals surface area (Å²) in [5.41, 5.74) is 5.12. The number of rotatable bonds is 1. The van der Waals surface area contributed by atoms with Crippen molar-refractivity contribution in [1.82, 2.24) is 0 Å². The van der Waals surface area contributed by atoms with Crippen molar-refractivity contribution in [3.8, 4) is 0 Å². The lowest BCUT2D eigenvalue weighted by Gasteiger charge is -2.36. The van der Waals surface area contributed by atoms with Crippen LogP contribution >= 0.6 is 0 Å². The van der Waals surface area contributed by atoms with Gasteiger partial charge in [-0.15, -0.1) is 0 Å². The molecule has 0 aromatic rings. The first kappa shape index (κ1) is 8.20. The van der Waals surface area contributed by atoms with Crippen molar-refractivity contribution in [2.45, 2.75) is 43.8 Å². The molecule has 2 N–H and O–H groups in total. The van der Waals surface area contributed by atoms with Gasteiger partial charge in [-0.2, -0.15) is 0 Å². The van der Waals surface area contributed by atoms with Gasteiger partial charge in [0.15, 0.2) is 0 Å². The summed E-state index contributed by atoms with van der Waals surface area (Å²) in [6, 6.07) is 0. The van der Waals surface area contributed by atoms with E-state index in [1.165, 1.54) is 0 Å². The number of carbonyl (C=O) groups excluding carboxylic acids is 1. The zero-order valence-electron chi connectivity index (χ0n) is 7.43. The fraction of sp³-hybridized carbons (Fsp3) is 0.889. The van der Waals surface area contributed by atoms with Crippen LogP contribution in [0.5, 0.6) is 0 Å². The topological polar surface area (TPSA) is 52.3 Å². The van der Waals surface area contributed by atoms with Gasteiger partial charge in [-0.1, -0.05) is 0 Å². The Hall–Kier alpha value is -0.410. The van der Waals surface area contributed by atoms with Gasteiger partial charge in [0.2, 0.25) is 0 Å². The van der Waals surface area contributed by atoms with Crippen LogP contribution in [0.2, 0.25) is 0 Å². The molecule has 2 saturated heterocycles. The van der Waals surface area contributed by atoms with Crippen LogP contribution in [0.1, 0.15) is 32.6 Å². The second-order valence-corrected chi connectivity index (χ2v) is 4.33. The third-order valence-electron chi connectivity index (χ3n) is 3.03. The number of Topliss-reactive ketones (excluding diaryl/α,β-unsaturated/α-hetero) is 1. The van der Waals surface area contributed by atoms with Crippen LogP contribution in [-0.2, 0) is 9.53 Å². The van der Waals surface area contributed by atoms with E-state index >= 15 is 0 Å². The standard InChI is InChI=1S/C9H15NO2/c1-8-2-3-9(6-10,12-8)5-7(11)4-8/h2-6,10H2,1H3/t8-,9+/m0/s1. The Labute approximate surface area is 72.3 Å². The van der Waals surface area contributed by atoms with Gasteiger partial charge >= 0.3 is 0 Å². The van der Waals surface area contributed by atoms with Crippen LogP contribution < -0.4 is 5.73 Å². The fourth-order valence-corrected chi connectivity index (χ4v) is 2.42. The van der Waals surface area contributed by atoms with Crippen molar-refractivity contribution in [3.05, 3.63) is 0 Å². The van der Waals surface area contributed by atoms with Crippen LogP contribution in [0.15, 0.2) is 0 Å². The number of hydrogen-bond donors (Lipinski definition) is 1. The van der Waals surface area contributed by atoms with E-state index in [0.29, 0.717) is 25.2 Å². The average molecular weight is 169 g/mol. The first-order valence-electron chi connectivity index (χ1n) is 4.50. The van der Waals surface area contributed by atoms with Crippen molar-refractivity contribution < 1.29 is 9.53 Å². The molecule has 12 heavy (non-hydrogen) atoms. The molecule has 2 rings (SSSR count). The van der Waals surface area contributed by atoms with Crippen LogP contribution in [-0.4, -0.2) is 23.5 Å². The highest BCUT2D eigenvalue weighted by atomic mass is 16.5. The molecule has 2 fully saturated rings. The molecule has 0 aromatic carbocycles. The molecule has 0 aromatic heterocycles. The third-order valence-corrected chi connectivity index (χ3v) is 3.03. The van der Waals surface area contributed by atoms with Gasteiger partial charge in [-0.25, -0.2) is 0 Å². The summed E-state index contributed by atoms with van der Waals surface area (Å²) in [5.74, 6) is 0.312. The molecule has 0 radical (unpaired) electrons. The van der Waals surface area contributed by atoms with Crippen molar-refractivity contribution in [2.24, 2.45) is 5.73 Å². The second-order valence-electron chi connectivity index (χ2n) is 4.33. The maximum atomic E-state index is 11.4. The second kappa shape index (κ2) is 2.30. The van der Waals surface area contributed by atoms with Gasteiger partial charge < -0.3 is 10.5 Å². The third kappa shape index (κ3) is 1.08. The fourth-order valence-electron chi connectivity index (χ4n) is 2.42. The van der Waals surface area contributed by atoms with E-state index < -0.39 is 0 Å². The lowest BCUT2D eigenvalue weighted by Crippen LogP contribution is -2.47. The summed E-state index contributed by atoms with van der Waals surface area (Å²) in [5, 5.41) is 0. The molecular weight excluding hydrogens is 154 g/mol. The van der Waals surface area contributed by atoms with Crippen molar-refractivity contribution >= 4 is 5.78 Å². The highest BCUT2D eigenvalue weighted by molar-refractivity contribution is 5.81. The van der Waals surface area contributed by atoms with Gasteiger partial charge in [0.1, 0.15) is 5.78 Å². The molecule has 2 aliphatic heterocycles. The van der Waals surface area contributed by atoms with E-state index in [4.69, 9.17) is 10.5 Å². The largest absolute Gasteiger partial charge is 0.367 e. The number of carbonyl (C=O) groups is 1. The molecule has 2 bridgehead atoms. The van der Waals surface area contributed by atoms with Gasteiger partial charge in [0, 0.05) is 19.4 Å². The minimum absolute atomic E-state index is 0.200. The Balaban J connectivity index is 2.26. The Kier molecular flexibility index (Phi) is 1.57. The van der Waals surface area contributed by atoms with Gasteiger partial charge in [-0.05, 0) is 19.8 Å². The summed E-state index contributed by atoms with van der Waals surface area (Å²) in [7, 11) is 0. The predicted octanol–water partition coefficient (Wildman–Crippen LogP) is 0.616. The zero-order chi connectivity index (χ0) is 8.82. The predicted molar refractivity (Wildman–Crippen MR) is 44.8 cm³/mol. The van der Waals surface area contributed by atoms with E-state index in [1.807, 2.05) is 6.92 Å². The van der Waals surface area contributed by atoms with Crippen LogP contribution in [0.3, 0.4) is 0 Å². The molecule has 2 atom stereocenters. The summed E-state index contributed by atoms with van der Waals surface area (Å²) in [6.07, 6.45) is 3.04. The molecule has 0 amide bonds.